The Morgan fingerprint density at radius 1 is 1.19 bits per heavy atom. The Morgan fingerprint density at radius 2 is 2.05 bits per heavy atom. The van der Waals surface area contributed by atoms with Crippen LogP contribution in [0.2, 0.25) is 0 Å². The zero-order chi connectivity index (χ0) is 14.7. The van der Waals surface area contributed by atoms with E-state index in [0.717, 1.165) is 19.4 Å². The predicted octanol–water partition coefficient (Wildman–Crippen LogP) is 4.73. The van der Waals surface area contributed by atoms with Crippen molar-refractivity contribution in [1.82, 2.24) is 10.3 Å². The summed E-state index contributed by atoms with van der Waals surface area (Å²) in [5, 5.41) is 4.98. The van der Waals surface area contributed by atoms with Gasteiger partial charge in [0, 0.05) is 14.6 Å². The molecule has 2 aromatic rings. The molecule has 1 atom stereocenters. The molecule has 0 saturated heterocycles. The van der Waals surface area contributed by atoms with Crippen molar-refractivity contribution in [3.63, 3.8) is 0 Å². The lowest BCUT2D eigenvalue weighted by atomic mass is 10.0. The summed E-state index contributed by atoms with van der Waals surface area (Å²) in [6.45, 7) is 5.50. The molecule has 0 bridgehead atoms. The molecule has 1 aliphatic rings. The molecule has 0 saturated carbocycles. The predicted molar refractivity (Wildman–Crippen MR) is 92.6 cm³/mol. The number of hydrogen-bond donors (Lipinski definition) is 1. The Kier molecular flexibility index (Phi) is 5.09. The summed E-state index contributed by atoms with van der Waals surface area (Å²) >= 11 is 3.87. The van der Waals surface area contributed by atoms with Gasteiger partial charge in [-0.15, -0.1) is 22.7 Å². The number of nitrogens with one attached hydrogen (secondary N) is 1. The average Bonchev–Trinajstić information content (AvgIpc) is 3.14. The molecule has 4 heteroatoms. The zero-order valence-electron chi connectivity index (χ0n) is 12.9. The molecule has 1 aliphatic carbocycles. The topological polar surface area (TPSA) is 24.9 Å². The highest BCUT2D eigenvalue weighted by Gasteiger charge is 2.23. The maximum absolute atomic E-state index is 4.98. The summed E-state index contributed by atoms with van der Waals surface area (Å²) in [5.41, 5.74) is 1.37. The molecular formula is C17H24N2S2. The average molecular weight is 321 g/mol. The van der Waals surface area contributed by atoms with Crippen LogP contribution in [0.15, 0.2) is 12.1 Å². The van der Waals surface area contributed by atoms with Gasteiger partial charge in [-0.2, -0.15) is 0 Å². The van der Waals surface area contributed by atoms with Gasteiger partial charge in [0.2, 0.25) is 0 Å². The van der Waals surface area contributed by atoms with E-state index in [-0.39, 0.29) is 0 Å². The van der Waals surface area contributed by atoms with E-state index in [0.29, 0.717) is 6.04 Å². The second kappa shape index (κ2) is 7.03. The molecular weight excluding hydrogens is 296 g/mol. The molecule has 2 heterocycles. The van der Waals surface area contributed by atoms with Gasteiger partial charge in [0.1, 0.15) is 5.01 Å². The lowest BCUT2D eigenvalue weighted by Crippen LogP contribution is -2.22. The van der Waals surface area contributed by atoms with Crippen molar-refractivity contribution < 1.29 is 0 Å². The van der Waals surface area contributed by atoms with Crippen LogP contribution in [0, 0.1) is 0 Å². The number of rotatable bonds is 6. The number of thiophene rings is 1. The minimum Gasteiger partial charge on any atom is -0.304 e. The van der Waals surface area contributed by atoms with E-state index >= 15 is 0 Å². The van der Waals surface area contributed by atoms with Crippen LogP contribution in [-0.4, -0.2) is 11.5 Å². The fourth-order valence-electron chi connectivity index (χ4n) is 2.83. The third kappa shape index (κ3) is 3.38. The van der Waals surface area contributed by atoms with E-state index in [1.807, 2.05) is 22.7 Å². The first-order valence-electron chi connectivity index (χ1n) is 8.12. The lowest BCUT2D eigenvalue weighted by molar-refractivity contribution is 0.599. The third-order valence-electron chi connectivity index (χ3n) is 4.02. The standard InChI is InChI=1S/C17H24N2S2/c1-3-11-18-16(15-10-9-12(4-2)20-15)17-19-13-7-5-6-8-14(13)21-17/h9-10,16,18H,3-8,11H2,1-2H3. The molecule has 114 valence electrons. The number of fused-ring (bicyclic) bond motifs is 1. The molecule has 21 heavy (non-hydrogen) atoms. The molecule has 2 nitrogen and oxygen atoms in total. The van der Waals surface area contributed by atoms with Crippen LogP contribution in [0.3, 0.4) is 0 Å². The van der Waals surface area contributed by atoms with Crippen molar-refractivity contribution in [2.24, 2.45) is 0 Å². The van der Waals surface area contributed by atoms with Gasteiger partial charge in [-0.3, -0.25) is 0 Å². The van der Waals surface area contributed by atoms with Crippen LogP contribution in [0.5, 0.6) is 0 Å². The van der Waals surface area contributed by atoms with Gasteiger partial charge >= 0.3 is 0 Å². The molecule has 2 aromatic heterocycles. The molecule has 0 amide bonds. The summed E-state index contributed by atoms with van der Waals surface area (Å²) in [4.78, 5) is 9.40. The monoisotopic (exact) mass is 320 g/mol. The van der Waals surface area contributed by atoms with E-state index in [9.17, 15) is 0 Å². The van der Waals surface area contributed by atoms with E-state index < -0.39 is 0 Å². The van der Waals surface area contributed by atoms with Crippen LogP contribution < -0.4 is 5.32 Å². The second-order valence-corrected chi connectivity index (χ2v) is 7.99. The number of hydrogen-bond acceptors (Lipinski definition) is 4. The molecule has 0 aliphatic heterocycles. The van der Waals surface area contributed by atoms with E-state index in [4.69, 9.17) is 4.98 Å². The van der Waals surface area contributed by atoms with Crippen molar-refractivity contribution in [3.8, 4) is 0 Å². The van der Waals surface area contributed by atoms with Crippen LogP contribution >= 0.6 is 22.7 Å². The van der Waals surface area contributed by atoms with Gasteiger partial charge in [0.15, 0.2) is 0 Å². The van der Waals surface area contributed by atoms with Gasteiger partial charge in [0.05, 0.1) is 11.7 Å². The number of aromatic nitrogens is 1. The molecule has 0 fully saturated rings. The first-order chi connectivity index (χ1) is 10.3. The van der Waals surface area contributed by atoms with Crippen molar-refractivity contribution >= 4 is 22.7 Å². The smallest absolute Gasteiger partial charge is 0.115 e. The first kappa shape index (κ1) is 15.2. The van der Waals surface area contributed by atoms with Gasteiger partial charge < -0.3 is 5.32 Å². The number of aryl methyl sites for hydroxylation is 3. The van der Waals surface area contributed by atoms with E-state index in [1.165, 1.54) is 51.0 Å². The van der Waals surface area contributed by atoms with Crippen molar-refractivity contribution in [2.45, 2.75) is 58.4 Å². The Balaban J connectivity index is 1.89. The fourth-order valence-corrected chi connectivity index (χ4v) is 5.19. The first-order valence-corrected chi connectivity index (χ1v) is 9.75. The summed E-state index contributed by atoms with van der Waals surface area (Å²) in [6, 6.07) is 4.86. The summed E-state index contributed by atoms with van der Waals surface area (Å²) < 4.78 is 0. The Bertz CT molecular complexity index is 562. The Morgan fingerprint density at radius 3 is 2.76 bits per heavy atom. The molecule has 0 aromatic carbocycles. The summed E-state index contributed by atoms with van der Waals surface area (Å²) in [6.07, 6.45) is 7.34. The number of nitrogens with zero attached hydrogens (tertiary/aromatic N) is 1. The molecule has 0 radical (unpaired) electrons. The van der Waals surface area contributed by atoms with Crippen LogP contribution in [-0.2, 0) is 19.3 Å². The molecule has 1 N–H and O–H groups in total. The lowest BCUT2D eigenvalue weighted by Gasteiger charge is -2.14. The number of thiazole rings is 1. The van der Waals surface area contributed by atoms with Crippen LogP contribution in [0.4, 0.5) is 0 Å². The zero-order valence-corrected chi connectivity index (χ0v) is 14.6. The second-order valence-electron chi connectivity index (χ2n) is 5.67. The van der Waals surface area contributed by atoms with Gasteiger partial charge in [-0.25, -0.2) is 4.98 Å². The normalized spacial score (nSPS) is 15.9. The van der Waals surface area contributed by atoms with Crippen LogP contribution in [0.1, 0.15) is 64.5 Å². The van der Waals surface area contributed by atoms with Gasteiger partial charge in [-0.1, -0.05) is 13.8 Å². The van der Waals surface area contributed by atoms with Crippen molar-refractivity contribution in [1.29, 1.82) is 0 Å². The van der Waals surface area contributed by atoms with Gasteiger partial charge in [-0.05, 0) is 57.2 Å². The van der Waals surface area contributed by atoms with Crippen LogP contribution in [0.25, 0.3) is 0 Å². The maximum atomic E-state index is 4.98. The van der Waals surface area contributed by atoms with Crippen molar-refractivity contribution in [3.05, 3.63) is 37.5 Å². The van der Waals surface area contributed by atoms with Gasteiger partial charge in [0.25, 0.3) is 0 Å². The quantitative estimate of drug-likeness (QED) is 0.832. The minimum absolute atomic E-state index is 0.297. The Hall–Kier alpha value is -0.710. The SMILES string of the molecule is CCCNC(c1ccc(CC)s1)c1nc2c(s1)CCCC2. The highest BCUT2D eigenvalue weighted by atomic mass is 32.1. The van der Waals surface area contributed by atoms with Crippen molar-refractivity contribution in [2.75, 3.05) is 6.54 Å². The largest absolute Gasteiger partial charge is 0.304 e. The molecule has 3 rings (SSSR count). The highest BCUT2D eigenvalue weighted by Crippen LogP contribution is 2.35. The summed E-state index contributed by atoms with van der Waals surface area (Å²) in [5.74, 6) is 0. The molecule has 1 unspecified atom stereocenters. The highest BCUT2D eigenvalue weighted by molar-refractivity contribution is 7.13. The maximum Gasteiger partial charge on any atom is 0.115 e. The third-order valence-corrected chi connectivity index (χ3v) is 6.54. The van der Waals surface area contributed by atoms with E-state index in [2.05, 4.69) is 31.3 Å². The molecule has 0 spiro atoms. The Labute approximate surface area is 135 Å². The van der Waals surface area contributed by atoms with E-state index in [1.54, 1.807) is 0 Å². The summed E-state index contributed by atoms with van der Waals surface area (Å²) in [7, 11) is 0. The minimum atomic E-state index is 0.297. The fraction of sp³-hybridized carbons (Fsp3) is 0.588.